The van der Waals surface area contributed by atoms with Gasteiger partial charge in [-0.3, -0.25) is 4.98 Å². The van der Waals surface area contributed by atoms with Crippen molar-refractivity contribution in [3.63, 3.8) is 0 Å². The Labute approximate surface area is 124 Å². The molecule has 112 valence electrons. The van der Waals surface area contributed by atoms with Gasteiger partial charge in [-0.15, -0.1) is 0 Å². The average molecular weight is 288 g/mol. The minimum Gasteiger partial charge on any atom is -0.506 e. The SMILES string of the molecule is COCCOc1cccc(NCc2nc(C)ccc2O)c1. The molecule has 2 aromatic rings. The third kappa shape index (κ3) is 4.65. The molecule has 0 amide bonds. The summed E-state index contributed by atoms with van der Waals surface area (Å²) in [6.45, 7) is 3.42. The predicted octanol–water partition coefficient (Wildman–Crippen LogP) is 2.73. The third-order valence-corrected chi connectivity index (χ3v) is 2.94. The van der Waals surface area contributed by atoms with E-state index in [2.05, 4.69) is 10.3 Å². The van der Waals surface area contributed by atoms with E-state index in [0.717, 1.165) is 17.1 Å². The van der Waals surface area contributed by atoms with Crippen LogP contribution < -0.4 is 10.1 Å². The maximum absolute atomic E-state index is 9.77. The standard InChI is InChI=1S/C16H20N2O3/c1-12-6-7-16(19)15(18-12)11-17-13-4-3-5-14(10-13)21-9-8-20-2/h3-7,10,17,19H,8-9,11H2,1-2H3. The largest absolute Gasteiger partial charge is 0.506 e. The van der Waals surface area contributed by atoms with Gasteiger partial charge in [0.2, 0.25) is 0 Å². The number of aromatic hydroxyl groups is 1. The summed E-state index contributed by atoms with van der Waals surface area (Å²) in [4.78, 5) is 4.31. The normalized spacial score (nSPS) is 10.4. The van der Waals surface area contributed by atoms with Crippen LogP contribution >= 0.6 is 0 Å². The zero-order valence-electron chi connectivity index (χ0n) is 12.3. The first kappa shape index (κ1) is 15.1. The number of anilines is 1. The van der Waals surface area contributed by atoms with E-state index in [1.807, 2.05) is 31.2 Å². The van der Waals surface area contributed by atoms with Crippen molar-refractivity contribution in [2.24, 2.45) is 0 Å². The van der Waals surface area contributed by atoms with Crippen molar-refractivity contribution in [1.82, 2.24) is 4.98 Å². The molecular weight excluding hydrogens is 268 g/mol. The minimum absolute atomic E-state index is 0.195. The Morgan fingerprint density at radius 1 is 1.19 bits per heavy atom. The van der Waals surface area contributed by atoms with Gasteiger partial charge in [-0.05, 0) is 31.2 Å². The lowest BCUT2D eigenvalue weighted by molar-refractivity contribution is 0.146. The first-order chi connectivity index (χ1) is 10.2. The molecule has 21 heavy (non-hydrogen) atoms. The third-order valence-electron chi connectivity index (χ3n) is 2.94. The number of nitrogens with one attached hydrogen (secondary N) is 1. The number of hydrogen-bond donors (Lipinski definition) is 2. The molecule has 0 bridgehead atoms. The van der Waals surface area contributed by atoms with E-state index in [1.165, 1.54) is 0 Å². The molecule has 2 N–H and O–H groups in total. The van der Waals surface area contributed by atoms with Crippen molar-refractivity contribution in [2.75, 3.05) is 25.6 Å². The second-order valence-corrected chi connectivity index (χ2v) is 4.64. The van der Waals surface area contributed by atoms with Crippen LogP contribution in [0.3, 0.4) is 0 Å². The fourth-order valence-corrected chi connectivity index (χ4v) is 1.86. The zero-order chi connectivity index (χ0) is 15.1. The smallest absolute Gasteiger partial charge is 0.138 e. The fourth-order valence-electron chi connectivity index (χ4n) is 1.86. The summed E-state index contributed by atoms with van der Waals surface area (Å²) in [5.74, 6) is 0.971. The number of nitrogens with zero attached hydrogens (tertiary/aromatic N) is 1. The molecule has 0 saturated carbocycles. The van der Waals surface area contributed by atoms with Crippen molar-refractivity contribution in [2.45, 2.75) is 13.5 Å². The van der Waals surface area contributed by atoms with Gasteiger partial charge in [-0.2, -0.15) is 0 Å². The fraction of sp³-hybridized carbons (Fsp3) is 0.312. The summed E-state index contributed by atoms with van der Waals surface area (Å²) < 4.78 is 10.5. The number of aromatic nitrogens is 1. The summed E-state index contributed by atoms with van der Waals surface area (Å²) in [5.41, 5.74) is 2.41. The molecule has 0 spiro atoms. The number of hydrogen-bond acceptors (Lipinski definition) is 5. The first-order valence-corrected chi connectivity index (χ1v) is 6.80. The van der Waals surface area contributed by atoms with Crippen molar-refractivity contribution in [3.8, 4) is 11.5 Å². The molecule has 0 aliphatic carbocycles. The molecule has 0 aliphatic heterocycles. The van der Waals surface area contributed by atoms with Crippen LogP contribution in [0.4, 0.5) is 5.69 Å². The number of methoxy groups -OCH3 is 1. The number of benzene rings is 1. The minimum atomic E-state index is 0.195. The van der Waals surface area contributed by atoms with Crippen LogP contribution in [0.15, 0.2) is 36.4 Å². The second-order valence-electron chi connectivity index (χ2n) is 4.64. The lowest BCUT2D eigenvalue weighted by Crippen LogP contribution is -2.05. The summed E-state index contributed by atoms with van der Waals surface area (Å²) in [5, 5.41) is 13.0. The molecule has 1 aromatic heterocycles. The molecule has 0 unspecified atom stereocenters. The van der Waals surface area contributed by atoms with E-state index in [1.54, 1.807) is 19.2 Å². The van der Waals surface area contributed by atoms with Gasteiger partial charge in [0.15, 0.2) is 0 Å². The zero-order valence-corrected chi connectivity index (χ0v) is 12.3. The molecule has 0 aliphatic rings. The van der Waals surface area contributed by atoms with Crippen LogP contribution in [0.5, 0.6) is 11.5 Å². The van der Waals surface area contributed by atoms with Crippen molar-refractivity contribution < 1.29 is 14.6 Å². The van der Waals surface area contributed by atoms with Gasteiger partial charge in [0, 0.05) is 24.6 Å². The molecular formula is C16H20N2O3. The van der Waals surface area contributed by atoms with Gasteiger partial charge in [-0.25, -0.2) is 0 Å². The van der Waals surface area contributed by atoms with Gasteiger partial charge < -0.3 is 19.9 Å². The van der Waals surface area contributed by atoms with Gasteiger partial charge in [0.1, 0.15) is 23.8 Å². The summed E-state index contributed by atoms with van der Waals surface area (Å²) in [7, 11) is 1.64. The Morgan fingerprint density at radius 2 is 2.05 bits per heavy atom. The van der Waals surface area contributed by atoms with Gasteiger partial charge in [0.05, 0.1) is 13.2 Å². The van der Waals surface area contributed by atoms with E-state index in [9.17, 15) is 5.11 Å². The van der Waals surface area contributed by atoms with E-state index in [4.69, 9.17) is 9.47 Å². The summed E-state index contributed by atoms with van der Waals surface area (Å²) in [6.07, 6.45) is 0. The van der Waals surface area contributed by atoms with E-state index >= 15 is 0 Å². The highest BCUT2D eigenvalue weighted by atomic mass is 16.5. The van der Waals surface area contributed by atoms with Gasteiger partial charge in [0.25, 0.3) is 0 Å². The molecule has 0 atom stereocenters. The maximum atomic E-state index is 9.77. The number of aryl methyl sites for hydroxylation is 1. The quantitative estimate of drug-likeness (QED) is 0.767. The van der Waals surface area contributed by atoms with Gasteiger partial charge in [-0.1, -0.05) is 6.07 Å². The number of rotatable bonds is 7. The highest BCUT2D eigenvalue weighted by molar-refractivity contribution is 5.48. The Morgan fingerprint density at radius 3 is 2.86 bits per heavy atom. The monoisotopic (exact) mass is 288 g/mol. The van der Waals surface area contributed by atoms with Crippen LogP contribution in [0, 0.1) is 6.92 Å². The highest BCUT2D eigenvalue weighted by Crippen LogP contribution is 2.20. The maximum Gasteiger partial charge on any atom is 0.138 e. The lowest BCUT2D eigenvalue weighted by Gasteiger charge is -2.10. The van der Waals surface area contributed by atoms with Gasteiger partial charge >= 0.3 is 0 Å². The Bertz CT molecular complexity index is 587. The molecule has 0 saturated heterocycles. The Hall–Kier alpha value is -2.27. The molecule has 5 nitrogen and oxygen atoms in total. The van der Waals surface area contributed by atoms with Crippen LogP contribution in [0.2, 0.25) is 0 Å². The predicted molar refractivity (Wildman–Crippen MR) is 81.8 cm³/mol. The molecule has 0 radical (unpaired) electrons. The molecule has 5 heteroatoms. The molecule has 2 rings (SSSR count). The molecule has 0 fully saturated rings. The van der Waals surface area contributed by atoms with Crippen molar-refractivity contribution in [3.05, 3.63) is 47.8 Å². The highest BCUT2D eigenvalue weighted by Gasteiger charge is 2.03. The number of ether oxygens (including phenoxy) is 2. The van der Waals surface area contributed by atoms with Crippen molar-refractivity contribution >= 4 is 5.69 Å². The Kier molecular flexibility index (Phi) is 5.40. The van der Waals surface area contributed by atoms with E-state index in [-0.39, 0.29) is 5.75 Å². The number of pyridine rings is 1. The second kappa shape index (κ2) is 7.50. The van der Waals surface area contributed by atoms with Crippen LogP contribution in [-0.2, 0) is 11.3 Å². The lowest BCUT2D eigenvalue weighted by atomic mass is 10.2. The van der Waals surface area contributed by atoms with Crippen LogP contribution in [-0.4, -0.2) is 30.4 Å². The topological polar surface area (TPSA) is 63.6 Å². The molecule has 1 heterocycles. The first-order valence-electron chi connectivity index (χ1n) is 6.80. The Balaban J connectivity index is 1.96. The van der Waals surface area contributed by atoms with Crippen molar-refractivity contribution in [1.29, 1.82) is 0 Å². The van der Waals surface area contributed by atoms with Crippen LogP contribution in [0.1, 0.15) is 11.4 Å². The van der Waals surface area contributed by atoms with Crippen LogP contribution in [0.25, 0.3) is 0 Å². The van der Waals surface area contributed by atoms with E-state index < -0.39 is 0 Å². The average Bonchev–Trinajstić information content (AvgIpc) is 2.49. The van der Waals surface area contributed by atoms with E-state index in [0.29, 0.717) is 25.5 Å². The summed E-state index contributed by atoms with van der Waals surface area (Å²) in [6, 6.07) is 11.1. The molecule has 1 aromatic carbocycles. The summed E-state index contributed by atoms with van der Waals surface area (Å²) >= 11 is 0.